The molecule has 0 rings (SSSR count). The Hall–Kier alpha value is -0.100. The van der Waals surface area contributed by atoms with E-state index in [0.29, 0.717) is 0 Å². The number of aliphatic hydroxyl groups is 1. The molecule has 0 saturated heterocycles. The summed E-state index contributed by atoms with van der Waals surface area (Å²) in [4.78, 5) is 19.0. The second-order valence-corrected chi connectivity index (χ2v) is 1.08. The molecule has 0 fully saturated rings. The number of rotatable bonds is 2. The van der Waals surface area contributed by atoms with E-state index in [0.717, 1.165) is 0 Å². The average molecular weight is 144 g/mol. The van der Waals surface area contributed by atoms with Crippen molar-refractivity contribution in [2.24, 2.45) is 0 Å². The molecule has 0 aliphatic heterocycles. The van der Waals surface area contributed by atoms with Crippen molar-refractivity contribution >= 4 is 11.9 Å². The summed E-state index contributed by atoms with van der Waals surface area (Å²) in [5.41, 5.74) is 0. The van der Waals surface area contributed by atoms with Crippen LogP contribution in [0.1, 0.15) is 1.43 Å². The zero-order chi connectivity index (χ0) is 6.73. The van der Waals surface area contributed by atoms with Gasteiger partial charge in [0.05, 0.1) is 0 Å². The maximum Gasteiger partial charge on any atom is 1.00 e. The van der Waals surface area contributed by atoms with Crippen LogP contribution in [0, 0.1) is 0 Å². The van der Waals surface area contributed by atoms with Gasteiger partial charge in [0.25, 0.3) is 0 Å². The number of hydrogen-bond donors (Lipinski definition) is 3. The van der Waals surface area contributed by atoms with Gasteiger partial charge >= 0.3 is 41.5 Å². The number of aliphatic hydroxyl groups excluding tert-OH is 1. The number of carboxylic acid groups (broad SMARTS) is 2. The monoisotopic (exact) mass is 144 g/mol. The third-order valence-corrected chi connectivity index (χ3v) is 0.468. The zero-order valence-electron chi connectivity index (χ0n) is 5.74. The van der Waals surface area contributed by atoms with E-state index in [1.54, 1.807) is 0 Å². The van der Waals surface area contributed by atoms with E-state index in [4.69, 9.17) is 15.3 Å². The fraction of sp³-hybridized carbons (Fsp3) is 0.333. The molecule has 0 aliphatic carbocycles. The predicted octanol–water partition coefficient (Wildman–Crippen LogP) is -4.37. The molecular weight excluding hydrogens is 139 g/mol. The van der Waals surface area contributed by atoms with Gasteiger partial charge in [0.2, 0.25) is 6.10 Å². The van der Waals surface area contributed by atoms with Gasteiger partial charge < -0.3 is 16.7 Å². The summed E-state index contributed by atoms with van der Waals surface area (Å²) >= 11 is 0. The van der Waals surface area contributed by atoms with Crippen LogP contribution in [0.5, 0.6) is 0 Å². The fourth-order valence-corrected chi connectivity index (χ4v) is 0.106. The number of hydrogen-bond acceptors (Lipinski definition) is 3. The Labute approximate surface area is 74.1 Å². The zero-order valence-corrected chi connectivity index (χ0v) is 6.74. The van der Waals surface area contributed by atoms with Crippen LogP contribution >= 0.6 is 0 Å². The molecule has 0 saturated carbocycles. The smallest absolute Gasteiger partial charge is 1.00 e. The molecule has 9 heavy (non-hydrogen) atoms. The molecular formula is C3H5NaO5. The van der Waals surface area contributed by atoms with Crippen LogP contribution in [0.15, 0.2) is 0 Å². The van der Waals surface area contributed by atoms with Gasteiger partial charge in [-0.05, 0) is 0 Å². The third kappa shape index (κ3) is 4.41. The first-order valence-corrected chi connectivity index (χ1v) is 1.69. The summed E-state index contributed by atoms with van der Waals surface area (Å²) in [6.07, 6.45) is -2.30. The molecule has 0 aromatic carbocycles. The van der Waals surface area contributed by atoms with Crippen LogP contribution < -0.4 is 29.6 Å². The van der Waals surface area contributed by atoms with Crippen molar-refractivity contribution < 1.29 is 55.9 Å². The van der Waals surface area contributed by atoms with E-state index in [2.05, 4.69) is 0 Å². The molecule has 0 heterocycles. The van der Waals surface area contributed by atoms with Crippen LogP contribution in [0.2, 0.25) is 0 Å². The van der Waals surface area contributed by atoms with Crippen molar-refractivity contribution in [3.05, 3.63) is 0 Å². The Balaban J connectivity index is -0.000000245. The van der Waals surface area contributed by atoms with Gasteiger partial charge in [0.1, 0.15) is 0 Å². The Kier molecular flexibility index (Phi) is 6.16. The van der Waals surface area contributed by atoms with Crippen molar-refractivity contribution in [1.29, 1.82) is 0 Å². The van der Waals surface area contributed by atoms with Gasteiger partial charge in [-0.1, -0.05) is 0 Å². The summed E-state index contributed by atoms with van der Waals surface area (Å²) < 4.78 is 0. The van der Waals surface area contributed by atoms with E-state index < -0.39 is 18.0 Å². The second kappa shape index (κ2) is 4.75. The quantitative estimate of drug-likeness (QED) is 0.269. The number of carbonyl (C=O) groups is 2. The van der Waals surface area contributed by atoms with Crippen LogP contribution in [-0.2, 0) is 9.59 Å². The summed E-state index contributed by atoms with van der Waals surface area (Å²) in [6.45, 7) is 0. The number of carboxylic acids is 2. The summed E-state index contributed by atoms with van der Waals surface area (Å²) in [5.74, 6) is -3.50. The minimum atomic E-state index is -2.30. The second-order valence-electron chi connectivity index (χ2n) is 1.08. The van der Waals surface area contributed by atoms with Crippen LogP contribution in [0.4, 0.5) is 0 Å². The predicted molar refractivity (Wildman–Crippen MR) is 22.4 cm³/mol. The molecule has 3 N–H and O–H groups in total. The van der Waals surface area contributed by atoms with E-state index in [1.165, 1.54) is 0 Å². The molecule has 0 spiro atoms. The first-order valence-electron chi connectivity index (χ1n) is 1.69. The van der Waals surface area contributed by atoms with E-state index in [9.17, 15) is 9.59 Å². The summed E-state index contributed by atoms with van der Waals surface area (Å²) in [5, 5.41) is 23.4. The Bertz CT molecular complexity index is 112. The normalized spacial score (nSPS) is 8.22. The Morgan fingerprint density at radius 3 is 1.44 bits per heavy atom. The van der Waals surface area contributed by atoms with E-state index in [-0.39, 0.29) is 31.0 Å². The average Bonchev–Trinajstić information content (AvgIpc) is 1.64. The molecule has 0 aliphatic rings. The molecule has 0 bridgehead atoms. The summed E-state index contributed by atoms with van der Waals surface area (Å²) in [7, 11) is 0. The molecule has 6 heteroatoms. The van der Waals surface area contributed by atoms with Gasteiger partial charge in [-0.2, -0.15) is 0 Å². The van der Waals surface area contributed by atoms with E-state index in [1.807, 2.05) is 0 Å². The van der Waals surface area contributed by atoms with Gasteiger partial charge in [0, 0.05) is 0 Å². The van der Waals surface area contributed by atoms with Crippen molar-refractivity contribution in [2.45, 2.75) is 6.10 Å². The van der Waals surface area contributed by atoms with Gasteiger partial charge in [-0.3, -0.25) is 0 Å². The Morgan fingerprint density at radius 2 is 1.44 bits per heavy atom. The maximum absolute atomic E-state index is 9.51. The molecule has 0 unspecified atom stereocenters. The largest absolute Gasteiger partial charge is 1.00 e. The summed E-state index contributed by atoms with van der Waals surface area (Å²) in [6, 6.07) is 0. The van der Waals surface area contributed by atoms with Crippen LogP contribution in [-0.4, -0.2) is 33.4 Å². The van der Waals surface area contributed by atoms with Crippen LogP contribution in [0.25, 0.3) is 0 Å². The molecule has 0 amide bonds. The first-order chi connectivity index (χ1) is 3.55. The minimum Gasteiger partial charge on any atom is -1.00 e. The van der Waals surface area contributed by atoms with Crippen molar-refractivity contribution in [2.75, 3.05) is 0 Å². The maximum atomic E-state index is 9.51. The number of aliphatic carboxylic acids is 2. The van der Waals surface area contributed by atoms with E-state index >= 15 is 0 Å². The molecule has 0 aromatic heterocycles. The SMILES string of the molecule is O=C(O)C(O)C(=O)O.[H-].[Na+]. The minimum absolute atomic E-state index is 0. The van der Waals surface area contributed by atoms with Crippen LogP contribution in [0.3, 0.4) is 0 Å². The van der Waals surface area contributed by atoms with Crippen molar-refractivity contribution in [3.8, 4) is 0 Å². The first kappa shape index (κ1) is 11.7. The van der Waals surface area contributed by atoms with Crippen molar-refractivity contribution in [1.82, 2.24) is 0 Å². The molecule has 0 atom stereocenters. The molecule has 0 aromatic rings. The molecule has 5 nitrogen and oxygen atoms in total. The van der Waals surface area contributed by atoms with Gasteiger partial charge in [-0.25, -0.2) is 9.59 Å². The standard InChI is InChI=1S/C3H4O5.Na.H/c4-1(2(5)6)3(7)8;;/h1,4H,(H,5,6)(H,7,8);;/q;+1;-1. The molecule has 48 valence electrons. The van der Waals surface area contributed by atoms with Crippen molar-refractivity contribution in [3.63, 3.8) is 0 Å². The topological polar surface area (TPSA) is 94.8 Å². The van der Waals surface area contributed by atoms with Gasteiger partial charge in [0.15, 0.2) is 0 Å². The van der Waals surface area contributed by atoms with Gasteiger partial charge in [-0.15, -0.1) is 0 Å². The Morgan fingerprint density at radius 1 is 1.22 bits per heavy atom. The molecule has 0 radical (unpaired) electrons. The third-order valence-electron chi connectivity index (χ3n) is 0.468. The fourth-order valence-electron chi connectivity index (χ4n) is 0.106.